The zero-order valence-corrected chi connectivity index (χ0v) is 16.7. The van der Waals surface area contributed by atoms with Crippen LogP contribution in [0, 0.1) is 19.8 Å². The van der Waals surface area contributed by atoms with E-state index in [4.69, 9.17) is 0 Å². The third-order valence-corrected chi connectivity index (χ3v) is 4.87. The lowest BCUT2D eigenvalue weighted by atomic mass is 10.1. The first-order valence-corrected chi connectivity index (χ1v) is 9.42. The van der Waals surface area contributed by atoms with Crippen LogP contribution in [0.2, 0.25) is 0 Å². The van der Waals surface area contributed by atoms with Gasteiger partial charge >= 0.3 is 0 Å². The van der Waals surface area contributed by atoms with E-state index < -0.39 is 0 Å². The number of carbonyl (C=O) groups is 3. The van der Waals surface area contributed by atoms with Crippen molar-refractivity contribution in [2.24, 2.45) is 5.92 Å². The van der Waals surface area contributed by atoms with E-state index in [-0.39, 0.29) is 36.7 Å². The molecule has 1 heterocycles. The highest BCUT2D eigenvalue weighted by Crippen LogP contribution is 2.17. The molecule has 1 fully saturated rings. The second kappa shape index (κ2) is 9.50. The molecule has 2 N–H and O–H groups in total. The molecular formula is C20H30N4O3. The van der Waals surface area contributed by atoms with Gasteiger partial charge in [-0.2, -0.15) is 0 Å². The van der Waals surface area contributed by atoms with E-state index in [9.17, 15) is 14.4 Å². The van der Waals surface area contributed by atoms with Gasteiger partial charge in [0.15, 0.2) is 0 Å². The smallest absolute Gasteiger partial charge is 0.243 e. The molecule has 0 spiro atoms. The molecule has 1 aliphatic rings. The molecule has 1 aromatic carbocycles. The average molecular weight is 374 g/mol. The van der Waals surface area contributed by atoms with Crippen LogP contribution in [0.5, 0.6) is 0 Å². The predicted molar refractivity (Wildman–Crippen MR) is 105 cm³/mol. The Bertz CT molecular complexity index is 694. The van der Waals surface area contributed by atoms with E-state index in [1.807, 2.05) is 55.7 Å². The summed E-state index contributed by atoms with van der Waals surface area (Å²) in [5.41, 5.74) is 2.89. The molecule has 1 aliphatic heterocycles. The Morgan fingerprint density at radius 2 is 1.70 bits per heavy atom. The second-order valence-electron chi connectivity index (χ2n) is 7.33. The van der Waals surface area contributed by atoms with E-state index in [1.54, 1.807) is 0 Å². The van der Waals surface area contributed by atoms with E-state index in [0.29, 0.717) is 26.2 Å². The normalized spacial score (nSPS) is 14.9. The minimum atomic E-state index is -0.246. The number of nitrogens with zero attached hydrogens (tertiary/aromatic N) is 2. The summed E-state index contributed by atoms with van der Waals surface area (Å²) in [7, 11) is 0. The molecule has 1 saturated heterocycles. The van der Waals surface area contributed by atoms with Gasteiger partial charge in [0.2, 0.25) is 17.7 Å². The lowest BCUT2D eigenvalue weighted by Gasteiger charge is -2.35. The van der Waals surface area contributed by atoms with Crippen LogP contribution in [0.3, 0.4) is 0 Å². The Balaban J connectivity index is 1.71. The maximum Gasteiger partial charge on any atom is 0.243 e. The van der Waals surface area contributed by atoms with Crippen molar-refractivity contribution in [2.45, 2.75) is 27.7 Å². The molecular weight excluding hydrogens is 344 g/mol. The Morgan fingerprint density at radius 1 is 1.04 bits per heavy atom. The molecule has 0 aromatic heterocycles. The third-order valence-electron chi connectivity index (χ3n) is 4.87. The number of rotatable bonds is 6. The summed E-state index contributed by atoms with van der Waals surface area (Å²) in [6, 6.07) is 5.72. The van der Waals surface area contributed by atoms with Crippen molar-refractivity contribution in [1.82, 2.24) is 15.1 Å². The van der Waals surface area contributed by atoms with E-state index in [1.165, 1.54) is 0 Å². The van der Waals surface area contributed by atoms with Crippen molar-refractivity contribution in [3.63, 3.8) is 0 Å². The first-order valence-electron chi connectivity index (χ1n) is 9.42. The highest BCUT2D eigenvalue weighted by Gasteiger charge is 2.23. The summed E-state index contributed by atoms with van der Waals surface area (Å²) in [4.78, 5) is 40.0. The first-order chi connectivity index (χ1) is 12.8. The summed E-state index contributed by atoms with van der Waals surface area (Å²) >= 11 is 0. The fourth-order valence-corrected chi connectivity index (χ4v) is 3.01. The molecule has 7 nitrogen and oxygen atoms in total. The molecule has 0 radical (unpaired) electrons. The van der Waals surface area contributed by atoms with Crippen LogP contribution in [0.1, 0.15) is 25.0 Å². The average Bonchev–Trinajstić information content (AvgIpc) is 2.64. The molecule has 0 aliphatic carbocycles. The van der Waals surface area contributed by atoms with Crippen molar-refractivity contribution in [3.05, 3.63) is 29.3 Å². The standard InChI is InChI=1S/C20H30N4O3/c1-14(2)20(27)24-10-8-23(9-11-24)13-19(26)21-12-18(25)22-17-7-5-6-15(3)16(17)4/h5-7,14H,8-13H2,1-4H3,(H,21,26)(H,22,25). The van der Waals surface area contributed by atoms with Gasteiger partial charge < -0.3 is 15.5 Å². The molecule has 1 aromatic rings. The number of piperazine rings is 1. The number of amides is 3. The van der Waals surface area contributed by atoms with Crippen LogP contribution >= 0.6 is 0 Å². The van der Waals surface area contributed by atoms with Crippen LogP contribution < -0.4 is 10.6 Å². The van der Waals surface area contributed by atoms with Crippen LogP contribution in [-0.2, 0) is 14.4 Å². The number of hydrogen-bond donors (Lipinski definition) is 2. The molecule has 0 bridgehead atoms. The molecule has 3 amide bonds. The van der Waals surface area contributed by atoms with Gasteiger partial charge in [0.1, 0.15) is 0 Å². The molecule has 27 heavy (non-hydrogen) atoms. The van der Waals surface area contributed by atoms with E-state index in [0.717, 1.165) is 16.8 Å². The Hall–Kier alpha value is -2.41. The van der Waals surface area contributed by atoms with Crippen molar-refractivity contribution < 1.29 is 14.4 Å². The van der Waals surface area contributed by atoms with Crippen molar-refractivity contribution in [2.75, 3.05) is 44.6 Å². The van der Waals surface area contributed by atoms with Gasteiger partial charge in [0, 0.05) is 37.8 Å². The van der Waals surface area contributed by atoms with Crippen LogP contribution in [0.25, 0.3) is 0 Å². The maximum absolute atomic E-state index is 12.1. The van der Waals surface area contributed by atoms with Gasteiger partial charge in [-0.3, -0.25) is 19.3 Å². The Labute approximate surface area is 161 Å². The van der Waals surface area contributed by atoms with Gasteiger partial charge in [0.05, 0.1) is 13.1 Å². The molecule has 2 rings (SSSR count). The van der Waals surface area contributed by atoms with E-state index >= 15 is 0 Å². The summed E-state index contributed by atoms with van der Waals surface area (Å²) in [5, 5.41) is 5.49. The first kappa shape index (κ1) is 20.9. The van der Waals surface area contributed by atoms with Crippen LogP contribution in [-0.4, -0.2) is 66.8 Å². The topological polar surface area (TPSA) is 81.8 Å². The molecule has 148 valence electrons. The predicted octanol–water partition coefficient (Wildman–Crippen LogP) is 1.16. The van der Waals surface area contributed by atoms with Crippen molar-refractivity contribution in [3.8, 4) is 0 Å². The highest BCUT2D eigenvalue weighted by atomic mass is 16.2. The highest BCUT2D eigenvalue weighted by molar-refractivity contribution is 5.95. The van der Waals surface area contributed by atoms with E-state index in [2.05, 4.69) is 10.6 Å². The quantitative estimate of drug-likeness (QED) is 0.783. The lowest BCUT2D eigenvalue weighted by Crippen LogP contribution is -2.52. The fourth-order valence-electron chi connectivity index (χ4n) is 3.01. The molecule has 0 saturated carbocycles. The van der Waals surface area contributed by atoms with Gasteiger partial charge in [0.25, 0.3) is 0 Å². The van der Waals surface area contributed by atoms with Gasteiger partial charge in [-0.25, -0.2) is 0 Å². The number of aryl methyl sites for hydroxylation is 1. The van der Waals surface area contributed by atoms with Gasteiger partial charge in [-0.05, 0) is 31.0 Å². The molecule has 0 atom stereocenters. The number of anilines is 1. The van der Waals surface area contributed by atoms with Crippen LogP contribution in [0.15, 0.2) is 18.2 Å². The van der Waals surface area contributed by atoms with Crippen LogP contribution in [0.4, 0.5) is 5.69 Å². The SMILES string of the molecule is Cc1cccc(NC(=O)CNC(=O)CN2CCN(C(=O)C(C)C)CC2)c1C. The zero-order valence-electron chi connectivity index (χ0n) is 16.7. The Morgan fingerprint density at radius 3 is 2.33 bits per heavy atom. The Kier molecular flexibility index (Phi) is 7.36. The fraction of sp³-hybridized carbons (Fsp3) is 0.550. The summed E-state index contributed by atoms with van der Waals surface area (Å²) in [6.07, 6.45) is 0. The monoisotopic (exact) mass is 374 g/mol. The third kappa shape index (κ3) is 6.06. The lowest BCUT2D eigenvalue weighted by molar-refractivity contribution is -0.136. The minimum absolute atomic E-state index is 0.00426. The maximum atomic E-state index is 12.1. The number of benzene rings is 1. The van der Waals surface area contributed by atoms with Crippen molar-refractivity contribution in [1.29, 1.82) is 0 Å². The number of hydrogen-bond acceptors (Lipinski definition) is 4. The summed E-state index contributed by atoms with van der Waals surface area (Å²) < 4.78 is 0. The molecule has 7 heteroatoms. The largest absolute Gasteiger partial charge is 0.346 e. The number of carbonyl (C=O) groups excluding carboxylic acids is 3. The summed E-state index contributed by atoms with van der Waals surface area (Å²) in [5.74, 6) is -0.281. The number of nitrogens with one attached hydrogen (secondary N) is 2. The van der Waals surface area contributed by atoms with Crippen molar-refractivity contribution >= 4 is 23.4 Å². The minimum Gasteiger partial charge on any atom is -0.346 e. The second-order valence-corrected chi connectivity index (χ2v) is 7.33. The molecule has 0 unspecified atom stereocenters. The van der Waals surface area contributed by atoms with Gasteiger partial charge in [-0.1, -0.05) is 26.0 Å². The zero-order chi connectivity index (χ0) is 20.0. The van der Waals surface area contributed by atoms with Gasteiger partial charge in [-0.15, -0.1) is 0 Å². The summed E-state index contributed by atoms with van der Waals surface area (Å²) in [6.45, 7) is 10.5.